The predicted molar refractivity (Wildman–Crippen MR) is 55.9 cm³/mol. The Morgan fingerprint density at radius 2 is 1.93 bits per heavy atom. The molecule has 0 aliphatic rings. The lowest BCUT2D eigenvalue weighted by Gasteiger charge is -2.19. The molecule has 14 heavy (non-hydrogen) atoms. The molecule has 0 amide bonds. The summed E-state index contributed by atoms with van der Waals surface area (Å²) in [4.78, 5) is 0. The van der Waals surface area contributed by atoms with Gasteiger partial charge in [0, 0.05) is 5.56 Å². The molecular formula is C11H9BrF2. The van der Waals surface area contributed by atoms with Gasteiger partial charge in [0.1, 0.15) is 11.6 Å². The molecule has 0 aliphatic carbocycles. The van der Waals surface area contributed by atoms with Crippen LogP contribution in [0.25, 0.3) is 0 Å². The maximum atomic E-state index is 13.6. The van der Waals surface area contributed by atoms with Gasteiger partial charge in [-0.2, -0.15) is 0 Å². The monoisotopic (exact) mass is 258 g/mol. The van der Waals surface area contributed by atoms with Crippen molar-refractivity contribution in [1.82, 2.24) is 0 Å². The first kappa shape index (κ1) is 11.2. The van der Waals surface area contributed by atoms with E-state index in [0.29, 0.717) is 5.56 Å². The lowest BCUT2D eigenvalue weighted by molar-refractivity contribution is 0.536. The van der Waals surface area contributed by atoms with Gasteiger partial charge in [-0.05, 0) is 35.8 Å². The van der Waals surface area contributed by atoms with Crippen molar-refractivity contribution in [2.24, 2.45) is 0 Å². The van der Waals surface area contributed by atoms with Gasteiger partial charge >= 0.3 is 0 Å². The first-order valence-electron chi connectivity index (χ1n) is 4.02. The summed E-state index contributed by atoms with van der Waals surface area (Å²) in [6, 6.07) is 2.57. The van der Waals surface area contributed by atoms with Gasteiger partial charge in [0.15, 0.2) is 0 Å². The van der Waals surface area contributed by atoms with Gasteiger partial charge in [-0.1, -0.05) is 12.0 Å². The first-order valence-corrected chi connectivity index (χ1v) is 4.81. The normalized spacial score (nSPS) is 11.1. The lowest BCUT2D eigenvalue weighted by Crippen LogP contribution is -2.16. The summed E-state index contributed by atoms with van der Waals surface area (Å²) in [6.07, 6.45) is 5.27. The minimum Gasteiger partial charge on any atom is -0.206 e. The molecule has 0 saturated carbocycles. The second-order valence-corrected chi connectivity index (χ2v) is 4.29. The summed E-state index contributed by atoms with van der Waals surface area (Å²) in [5.41, 5.74) is -0.423. The zero-order valence-electron chi connectivity index (χ0n) is 7.87. The topological polar surface area (TPSA) is 0 Å². The Balaban J connectivity index is 3.41. The maximum Gasteiger partial charge on any atom is 0.145 e. The minimum absolute atomic E-state index is 0.168. The van der Waals surface area contributed by atoms with Crippen molar-refractivity contribution in [3.05, 3.63) is 33.8 Å². The summed E-state index contributed by atoms with van der Waals surface area (Å²) in [5, 5.41) is 0. The molecule has 0 N–H and O–H groups in total. The van der Waals surface area contributed by atoms with Gasteiger partial charge in [0.2, 0.25) is 0 Å². The van der Waals surface area contributed by atoms with Crippen LogP contribution in [0.5, 0.6) is 0 Å². The van der Waals surface area contributed by atoms with Crippen LogP contribution in [0, 0.1) is 24.0 Å². The second-order valence-electron chi connectivity index (χ2n) is 3.49. The highest BCUT2D eigenvalue weighted by molar-refractivity contribution is 9.10. The largest absolute Gasteiger partial charge is 0.206 e. The smallest absolute Gasteiger partial charge is 0.145 e. The minimum atomic E-state index is -0.736. The second kappa shape index (κ2) is 3.70. The third kappa shape index (κ3) is 1.80. The van der Waals surface area contributed by atoms with Gasteiger partial charge in [0.25, 0.3) is 0 Å². The fourth-order valence-corrected chi connectivity index (χ4v) is 1.43. The third-order valence-electron chi connectivity index (χ3n) is 2.07. The van der Waals surface area contributed by atoms with Gasteiger partial charge in [-0.15, -0.1) is 6.42 Å². The van der Waals surface area contributed by atoms with Crippen molar-refractivity contribution in [2.45, 2.75) is 19.3 Å². The quantitative estimate of drug-likeness (QED) is 0.533. The van der Waals surface area contributed by atoms with Crippen LogP contribution in [0.4, 0.5) is 8.78 Å². The molecule has 0 nitrogen and oxygen atoms in total. The molecule has 74 valence electrons. The number of hydrogen-bond acceptors (Lipinski definition) is 0. The van der Waals surface area contributed by atoms with Gasteiger partial charge in [-0.25, -0.2) is 8.78 Å². The Morgan fingerprint density at radius 1 is 1.36 bits per heavy atom. The summed E-state index contributed by atoms with van der Waals surface area (Å²) >= 11 is 2.83. The van der Waals surface area contributed by atoms with E-state index >= 15 is 0 Å². The van der Waals surface area contributed by atoms with E-state index in [1.807, 2.05) is 0 Å². The van der Waals surface area contributed by atoms with E-state index in [9.17, 15) is 8.78 Å². The molecule has 0 saturated heterocycles. The van der Waals surface area contributed by atoms with E-state index < -0.39 is 17.0 Å². The van der Waals surface area contributed by atoms with Crippen LogP contribution in [-0.4, -0.2) is 0 Å². The molecule has 1 aromatic carbocycles. The van der Waals surface area contributed by atoms with Gasteiger partial charge in [0.05, 0.1) is 9.89 Å². The average molecular weight is 259 g/mol. The number of terminal acetylenes is 1. The van der Waals surface area contributed by atoms with Crippen LogP contribution in [0.3, 0.4) is 0 Å². The third-order valence-corrected chi connectivity index (χ3v) is 2.80. The number of benzene rings is 1. The van der Waals surface area contributed by atoms with Crippen LogP contribution in [0.15, 0.2) is 16.6 Å². The molecule has 0 bridgehead atoms. The molecule has 0 spiro atoms. The van der Waals surface area contributed by atoms with Crippen LogP contribution in [-0.2, 0) is 5.41 Å². The van der Waals surface area contributed by atoms with E-state index in [2.05, 4.69) is 21.9 Å². The van der Waals surface area contributed by atoms with Crippen molar-refractivity contribution in [2.75, 3.05) is 0 Å². The molecule has 0 aliphatic heterocycles. The van der Waals surface area contributed by atoms with E-state index in [1.54, 1.807) is 13.8 Å². The number of halogens is 3. The van der Waals surface area contributed by atoms with Crippen molar-refractivity contribution in [1.29, 1.82) is 0 Å². The lowest BCUT2D eigenvalue weighted by atomic mass is 9.85. The molecule has 3 heteroatoms. The summed E-state index contributed by atoms with van der Waals surface area (Å²) < 4.78 is 26.3. The zero-order chi connectivity index (χ0) is 10.9. The molecule has 0 aromatic heterocycles. The van der Waals surface area contributed by atoms with E-state index in [-0.39, 0.29) is 4.47 Å². The van der Waals surface area contributed by atoms with Gasteiger partial charge < -0.3 is 0 Å². The summed E-state index contributed by atoms with van der Waals surface area (Å²) in [7, 11) is 0. The molecule has 0 heterocycles. The summed E-state index contributed by atoms with van der Waals surface area (Å²) in [5.74, 6) is 1.20. The molecule has 1 rings (SSSR count). The molecule has 1 aromatic rings. The Kier molecular flexibility index (Phi) is 2.96. The van der Waals surface area contributed by atoms with Crippen LogP contribution < -0.4 is 0 Å². The Labute approximate surface area is 90.5 Å². The standard InChI is InChI=1S/C11H9BrF2/c1-4-11(2,3)7-5-6-8(13)9(12)10(7)14/h1,5-6H,2-3H3. The molecular weight excluding hydrogens is 250 g/mol. The molecule has 0 atom stereocenters. The van der Waals surface area contributed by atoms with Crippen LogP contribution in [0.2, 0.25) is 0 Å². The van der Waals surface area contributed by atoms with Crippen molar-refractivity contribution < 1.29 is 8.78 Å². The van der Waals surface area contributed by atoms with E-state index in [0.717, 1.165) is 0 Å². The van der Waals surface area contributed by atoms with Crippen molar-refractivity contribution in [3.63, 3.8) is 0 Å². The van der Waals surface area contributed by atoms with Gasteiger partial charge in [-0.3, -0.25) is 0 Å². The Morgan fingerprint density at radius 3 is 2.43 bits per heavy atom. The highest BCUT2D eigenvalue weighted by Gasteiger charge is 2.24. The molecule has 0 unspecified atom stereocenters. The zero-order valence-corrected chi connectivity index (χ0v) is 9.45. The van der Waals surface area contributed by atoms with Crippen LogP contribution in [0.1, 0.15) is 19.4 Å². The number of rotatable bonds is 1. The molecule has 0 fully saturated rings. The molecule has 0 radical (unpaired) electrons. The van der Waals surface area contributed by atoms with Crippen LogP contribution >= 0.6 is 15.9 Å². The van der Waals surface area contributed by atoms with E-state index in [1.165, 1.54) is 12.1 Å². The summed E-state index contributed by atoms with van der Waals surface area (Å²) in [6.45, 7) is 3.41. The van der Waals surface area contributed by atoms with Crippen molar-refractivity contribution >= 4 is 15.9 Å². The van der Waals surface area contributed by atoms with E-state index in [4.69, 9.17) is 6.42 Å². The number of hydrogen-bond donors (Lipinski definition) is 0. The fourth-order valence-electron chi connectivity index (χ4n) is 1.09. The fraction of sp³-hybridized carbons (Fsp3) is 0.273. The highest BCUT2D eigenvalue weighted by atomic mass is 79.9. The van der Waals surface area contributed by atoms with Crippen molar-refractivity contribution in [3.8, 4) is 12.3 Å². The SMILES string of the molecule is C#CC(C)(C)c1ccc(F)c(Br)c1F. The predicted octanol–water partition coefficient (Wildman–Crippen LogP) is 3.64. The first-order chi connectivity index (χ1) is 6.40. The average Bonchev–Trinajstić information content (AvgIpc) is 2.14. The highest BCUT2D eigenvalue weighted by Crippen LogP contribution is 2.30. The maximum absolute atomic E-state index is 13.6. The Bertz CT molecular complexity index is 402. The Hall–Kier alpha value is -0.880.